The standard InChI is InChI=1S/C16H21BrN4/c17-13-5-2-6-14-15(13)12(10-20-14)7-8-19-16(18)21-9-11-3-1-4-11/h2,5-6,10-11,20H,1,3-4,7-9H2,(H3,18,19,21). The molecule has 1 saturated carbocycles. The van der Waals surface area contributed by atoms with Gasteiger partial charge in [-0.3, -0.25) is 4.99 Å². The Labute approximate surface area is 133 Å². The summed E-state index contributed by atoms with van der Waals surface area (Å²) in [7, 11) is 0. The maximum absolute atomic E-state index is 5.90. The van der Waals surface area contributed by atoms with Crippen molar-refractivity contribution in [2.75, 3.05) is 13.1 Å². The largest absolute Gasteiger partial charge is 0.370 e. The van der Waals surface area contributed by atoms with Gasteiger partial charge in [0.1, 0.15) is 0 Å². The molecule has 1 aromatic heterocycles. The third-order valence-corrected chi connectivity index (χ3v) is 4.84. The summed E-state index contributed by atoms with van der Waals surface area (Å²) in [5.41, 5.74) is 8.35. The van der Waals surface area contributed by atoms with Crippen LogP contribution in [0, 0.1) is 5.92 Å². The van der Waals surface area contributed by atoms with Crippen LogP contribution in [-0.2, 0) is 6.42 Å². The molecule has 112 valence electrons. The first kappa shape index (κ1) is 14.4. The fourth-order valence-corrected chi connectivity index (χ4v) is 3.31. The molecule has 2 aromatic rings. The Morgan fingerprint density at radius 2 is 2.29 bits per heavy atom. The molecule has 21 heavy (non-hydrogen) atoms. The van der Waals surface area contributed by atoms with Crippen LogP contribution >= 0.6 is 15.9 Å². The summed E-state index contributed by atoms with van der Waals surface area (Å²) in [6.07, 6.45) is 6.95. The molecule has 0 saturated heterocycles. The minimum Gasteiger partial charge on any atom is -0.370 e. The van der Waals surface area contributed by atoms with Gasteiger partial charge in [0.05, 0.1) is 0 Å². The van der Waals surface area contributed by atoms with E-state index in [2.05, 4.69) is 49.6 Å². The quantitative estimate of drug-likeness (QED) is 0.573. The molecule has 5 heteroatoms. The Hall–Kier alpha value is -1.49. The first-order chi connectivity index (χ1) is 10.2. The van der Waals surface area contributed by atoms with Gasteiger partial charge in [0.2, 0.25) is 0 Å². The minimum atomic E-state index is 0.570. The van der Waals surface area contributed by atoms with Gasteiger partial charge in [-0.15, -0.1) is 0 Å². The number of aliphatic imine (C=N–C) groups is 1. The molecule has 1 aliphatic rings. The van der Waals surface area contributed by atoms with E-state index in [1.54, 1.807) is 0 Å². The molecule has 0 aliphatic heterocycles. The van der Waals surface area contributed by atoms with Gasteiger partial charge in [-0.05, 0) is 42.9 Å². The fourth-order valence-electron chi connectivity index (χ4n) is 2.69. The van der Waals surface area contributed by atoms with E-state index in [1.807, 2.05) is 6.07 Å². The van der Waals surface area contributed by atoms with Crippen molar-refractivity contribution in [3.8, 4) is 0 Å². The highest BCUT2D eigenvalue weighted by atomic mass is 79.9. The number of nitrogens with one attached hydrogen (secondary N) is 2. The van der Waals surface area contributed by atoms with Gasteiger partial charge >= 0.3 is 0 Å². The summed E-state index contributed by atoms with van der Waals surface area (Å²) in [5.74, 6) is 1.33. The lowest BCUT2D eigenvalue weighted by molar-refractivity contribution is 0.326. The van der Waals surface area contributed by atoms with Crippen LogP contribution in [-0.4, -0.2) is 24.0 Å². The molecule has 0 amide bonds. The van der Waals surface area contributed by atoms with E-state index < -0.39 is 0 Å². The number of aromatic amines is 1. The second kappa shape index (κ2) is 6.52. The van der Waals surface area contributed by atoms with E-state index >= 15 is 0 Å². The number of guanidine groups is 1. The maximum Gasteiger partial charge on any atom is 0.188 e. The number of nitrogens with two attached hydrogens (primary N) is 1. The van der Waals surface area contributed by atoms with E-state index in [4.69, 9.17) is 5.73 Å². The first-order valence-electron chi connectivity index (χ1n) is 7.52. The first-order valence-corrected chi connectivity index (χ1v) is 8.31. The molecule has 0 bridgehead atoms. The number of nitrogens with zero attached hydrogens (tertiary/aromatic N) is 1. The van der Waals surface area contributed by atoms with E-state index in [0.29, 0.717) is 5.96 Å². The van der Waals surface area contributed by atoms with Gasteiger partial charge in [0, 0.05) is 34.7 Å². The van der Waals surface area contributed by atoms with Crippen molar-refractivity contribution in [3.05, 3.63) is 34.4 Å². The molecule has 4 N–H and O–H groups in total. The van der Waals surface area contributed by atoms with E-state index in [0.717, 1.165) is 35.4 Å². The number of H-pyrrole nitrogens is 1. The predicted octanol–water partition coefficient (Wildman–Crippen LogP) is 3.18. The molecule has 3 rings (SSSR count). The van der Waals surface area contributed by atoms with Crippen LogP contribution in [0.5, 0.6) is 0 Å². The normalized spacial score (nSPS) is 16.1. The Kier molecular flexibility index (Phi) is 4.48. The topological polar surface area (TPSA) is 66.2 Å². The highest BCUT2D eigenvalue weighted by Gasteiger charge is 2.16. The van der Waals surface area contributed by atoms with Crippen LogP contribution in [0.4, 0.5) is 0 Å². The fraction of sp³-hybridized carbons (Fsp3) is 0.438. The Morgan fingerprint density at radius 1 is 1.43 bits per heavy atom. The second-order valence-corrected chi connectivity index (χ2v) is 6.53. The van der Waals surface area contributed by atoms with E-state index in [9.17, 15) is 0 Å². The summed E-state index contributed by atoms with van der Waals surface area (Å²) >= 11 is 3.61. The van der Waals surface area contributed by atoms with Crippen molar-refractivity contribution < 1.29 is 0 Å². The number of rotatable bonds is 5. The molecule has 1 aromatic carbocycles. The number of fused-ring (bicyclic) bond motifs is 1. The zero-order valence-corrected chi connectivity index (χ0v) is 13.6. The molecular formula is C16H21BrN4. The van der Waals surface area contributed by atoms with Gasteiger partial charge in [-0.25, -0.2) is 0 Å². The van der Waals surface area contributed by atoms with Gasteiger partial charge in [-0.2, -0.15) is 0 Å². The number of benzene rings is 1. The third-order valence-electron chi connectivity index (χ3n) is 4.18. The second-order valence-electron chi connectivity index (χ2n) is 5.68. The van der Waals surface area contributed by atoms with Crippen molar-refractivity contribution in [3.63, 3.8) is 0 Å². The van der Waals surface area contributed by atoms with Crippen LogP contribution in [0.25, 0.3) is 10.9 Å². The van der Waals surface area contributed by atoms with Crippen molar-refractivity contribution in [1.82, 2.24) is 10.3 Å². The molecule has 1 heterocycles. The predicted molar refractivity (Wildman–Crippen MR) is 91.5 cm³/mol. The Morgan fingerprint density at radius 3 is 3.05 bits per heavy atom. The summed E-state index contributed by atoms with van der Waals surface area (Å²) in [6, 6.07) is 6.20. The minimum absolute atomic E-state index is 0.570. The number of halogens is 1. The number of hydrogen-bond acceptors (Lipinski definition) is 1. The lowest BCUT2D eigenvalue weighted by Gasteiger charge is -2.23. The van der Waals surface area contributed by atoms with Gasteiger partial charge < -0.3 is 16.0 Å². The Balaban J connectivity index is 1.54. The molecule has 0 spiro atoms. The van der Waals surface area contributed by atoms with Crippen molar-refractivity contribution in [1.29, 1.82) is 0 Å². The highest BCUT2D eigenvalue weighted by molar-refractivity contribution is 9.10. The van der Waals surface area contributed by atoms with Crippen LogP contribution in [0.3, 0.4) is 0 Å². The van der Waals surface area contributed by atoms with Crippen LogP contribution in [0.1, 0.15) is 24.8 Å². The van der Waals surface area contributed by atoms with E-state index in [-0.39, 0.29) is 0 Å². The summed E-state index contributed by atoms with van der Waals surface area (Å²) in [6.45, 7) is 1.67. The van der Waals surface area contributed by atoms with Crippen LogP contribution in [0.2, 0.25) is 0 Å². The smallest absolute Gasteiger partial charge is 0.188 e. The maximum atomic E-state index is 5.90. The number of hydrogen-bond donors (Lipinski definition) is 3. The average molecular weight is 349 g/mol. The zero-order valence-electron chi connectivity index (χ0n) is 12.0. The van der Waals surface area contributed by atoms with E-state index in [1.165, 1.54) is 30.2 Å². The SMILES string of the molecule is NC(=NCC1CCC1)NCCc1c[nH]c2cccc(Br)c12. The molecule has 0 radical (unpaired) electrons. The Bertz CT molecular complexity index is 643. The summed E-state index contributed by atoms with van der Waals surface area (Å²) in [5, 5.41) is 4.46. The summed E-state index contributed by atoms with van der Waals surface area (Å²) in [4.78, 5) is 7.71. The van der Waals surface area contributed by atoms with Gasteiger partial charge in [0.25, 0.3) is 0 Å². The lowest BCUT2D eigenvalue weighted by Crippen LogP contribution is -2.34. The number of aromatic nitrogens is 1. The van der Waals surface area contributed by atoms with Crippen molar-refractivity contribution in [2.45, 2.75) is 25.7 Å². The van der Waals surface area contributed by atoms with Gasteiger partial charge in [0.15, 0.2) is 5.96 Å². The van der Waals surface area contributed by atoms with Gasteiger partial charge in [-0.1, -0.05) is 28.4 Å². The third kappa shape index (κ3) is 3.40. The molecule has 4 nitrogen and oxygen atoms in total. The van der Waals surface area contributed by atoms with Crippen molar-refractivity contribution >= 4 is 32.8 Å². The zero-order chi connectivity index (χ0) is 14.7. The molecule has 0 unspecified atom stereocenters. The monoisotopic (exact) mass is 348 g/mol. The lowest BCUT2D eigenvalue weighted by atomic mass is 9.86. The van der Waals surface area contributed by atoms with Crippen LogP contribution < -0.4 is 11.1 Å². The van der Waals surface area contributed by atoms with Crippen molar-refractivity contribution in [2.24, 2.45) is 16.6 Å². The average Bonchev–Trinajstić information content (AvgIpc) is 2.82. The molecule has 0 atom stereocenters. The molecular weight excluding hydrogens is 328 g/mol. The molecule has 1 aliphatic carbocycles. The molecule has 1 fully saturated rings. The summed E-state index contributed by atoms with van der Waals surface area (Å²) < 4.78 is 1.13. The van der Waals surface area contributed by atoms with Crippen LogP contribution in [0.15, 0.2) is 33.9 Å². The highest BCUT2D eigenvalue weighted by Crippen LogP contribution is 2.27.